The van der Waals surface area contributed by atoms with Gasteiger partial charge < -0.3 is 11.1 Å². The first-order chi connectivity index (χ1) is 16.2. The quantitative estimate of drug-likeness (QED) is 0.237. The molecule has 1 aliphatic carbocycles. The summed E-state index contributed by atoms with van der Waals surface area (Å²) in [5, 5.41) is 14.5. The molecule has 0 spiro atoms. The zero-order chi connectivity index (χ0) is 27.4. The number of nitrogens with one attached hydrogen (secondary N) is 1. The van der Waals surface area contributed by atoms with E-state index in [-0.39, 0.29) is 61.4 Å². The highest BCUT2D eigenvalue weighted by atomic mass is 35.5. The summed E-state index contributed by atoms with van der Waals surface area (Å²) in [7, 11) is -10.2. The van der Waals surface area contributed by atoms with Crippen molar-refractivity contribution in [1.29, 1.82) is 5.26 Å². The lowest BCUT2D eigenvalue weighted by Crippen LogP contribution is -2.29. The standard InChI is InChI=1S/C19H17Cl2F8N5OS/c20-11-7-10(36(25,26,27,28)29)8-12(21)15(11)34-16(32-6-2-1-3-19(22,23)24)14(13(9-30)33-34)18(4-5-18)17(31)35/h7-8,32H,1-6H2,(H2,31,35). The van der Waals surface area contributed by atoms with E-state index in [9.17, 15) is 42.7 Å². The number of nitrogens with two attached hydrogens (primary N) is 1. The van der Waals surface area contributed by atoms with Crippen molar-refractivity contribution < 1.29 is 37.4 Å². The van der Waals surface area contributed by atoms with Crippen LogP contribution in [0.15, 0.2) is 17.0 Å². The predicted molar refractivity (Wildman–Crippen MR) is 118 cm³/mol. The highest BCUT2D eigenvalue weighted by molar-refractivity contribution is 8.45. The average Bonchev–Trinajstić information content (AvgIpc) is 3.42. The van der Waals surface area contributed by atoms with E-state index >= 15 is 0 Å². The summed E-state index contributed by atoms with van der Waals surface area (Å²) in [5.41, 5.74) is 3.17. The number of anilines is 1. The second-order valence-corrected chi connectivity index (χ2v) is 11.5. The number of carbonyl (C=O) groups excluding carboxylic acids is 1. The van der Waals surface area contributed by atoms with Crippen molar-refractivity contribution in [3.8, 4) is 11.8 Å². The molecule has 3 rings (SSSR count). The molecule has 17 heteroatoms. The van der Waals surface area contributed by atoms with E-state index in [2.05, 4.69) is 10.4 Å². The minimum Gasteiger partial charge on any atom is -0.370 e. The molecule has 36 heavy (non-hydrogen) atoms. The Morgan fingerprint density at radius 2 is 1.72 bits per heavy atom. The van der Waals surface area contributed by atoms with Gasteiger partial charge in [0.1, 0.15) is 22.5 Å². The van der Waals surface area contributed by atoms with Gasteiger partial charge in [-0.15, -0.1) is 0 Å². The van der Waals surface area contributed by atoms with Gasteiger partial charge in [0.15, 0.2) is 5.69 Å². The van der Waals surface area contributed by atoms with Crippen molar-refractivity contribution >= 4 is 45.2 Å². The number of hydrogen-bond acceptors (Lipinski definition) is 4. The lowest BCUT2D eigenvalue weighted by Gasteiger charge is -2.40. The molecular formula is C19H17Cl2F8N5OS. The molecule has 1 aromatic heterocycles. The molecule has 1 heterocycles. The largest absolute Gasteiger partial charge is 0.389 e. The number of unbranched alkanes of at least 4 members (excludes halogenated alkanes) is 1. The number of aromatic nitrogens is 2. The van der Waals surface area contributed by atoms with Crippen molar-refractivity contribution in [2.24, 2.45) is 5.73 Å². The van der Waals surface area contributed by atoms with Gasteiger partial charge >= 0.3 is 16.4 Å². The van der Waals surface area contributed by atoms with Crippen molar-refractivity contribution in [2.45, 2.75) is 48.6 Å². The summed E-state index contributed by atoms with van der Waals surface area (Å²) in [6.45, 7) is -0.146. The number of alkyl halides is 3. The Hall–Kier alpha value is -2.44. The topological polar surface area (TPSA) is 96.7 Å². The molecule has 2 aromatic rings. The fourth-order valence-corrected chi connectivity index (χ4v) is 5.10. The molecule has 0 saturated heterocycles. The molecule has 1 amide bonds. The fourth-order valence-electron chi connectivity index (χ4n) is 3.64. The number of nitriles is 1. The molecule has 1 saturated carbocycles. The maximum absolute atomic E-state index is 13.3. The molecule has 3 N–H and O–H groups in total. The minimum absolute atomic E-state index is 0.0415. The maximum atomic E-state index is 13.3. The minimum atomic E-state index is -10.2. The van der Waals surface area contributed by atoms with Gasteiger partial charge in [-0.25, -0.2) is 4.68 Å². The van der Waals surface area contributed by atoms with Gasteiger partial charge in [-0.05, 0) is 37.8 Å². The summed E-state index contributed by atoms with van der Waals surface area (Å²) < 4.78 is 105. The van der Waals surface area contributed by atoms with Crippen molar-refractivity contribution in [1.82, 2.24) is 9.78 Å². The Balaban J connectivity index is 2.14. The molecule has 6 nitrogen and oxygen atoms in total. The van der Waals surface area contributed by atoms with Crippen LogP contribution in [0.3, 0.4) is 0 Å². The van der Waals surface area contributed by atoms with E-state index in [1.165, 1.54) is 0 Å². The van der Waals surface area contributed by atoms with Crippen molar-refractivity contribution in [3.05, 3.63) is 33.4 Å². The van der Waals surface area contributed by atoms with Crippen LogP contribution in [-0.2, 0) is 10.2 Å². The highest BCUT2D eigenvalue weighted by Crippen LogP contribution is 3.02. The third-order valence-electron chi connectivity index (χ3n) is 5.52. The van der Waals surface area contributed by atoms with Gasteiger partial charge in [0.2, 0.25) is 5.91 Å². The smallest absolute Gasteiger partial charge is 0.370 e. The highest BCUT2D eigenvalue weighted by Gasteiger charge is 2.65. The van der Waals surface area contributed by atoms with E-state index in [4.69, 9.17) is 28.9 Å². The van der Waals surface area contributed by atoms with Crippen LogP contribution in [0.25, 0.3) is 5.69 Å². The van der Waals surface area contributed by atoms with Crippen LogP contribution in [0.2, 0.25) is 10.0 Å². The molecule has 200 valence electrons. The Kier molecular flexibility index (Phi) is 6.48. The number of benzene rings is 1. The number of hydrogen-bond donors (Lipinski definition) is 2. The summed E-state index contributed by atoms with van der Waals surface area (Å²) >= 11 is 11.8. The van der Waals surface area contributed by atoms with Gasteiger partial charge in [-0.3, -0.25) is 4.79 Å². The Labute approximate surface area is 209 Å². The second-order valence-electron chi connectivity index (χ2n) is 8.25. The van der Waals surface area contributed by atoms with Gasteiger partial charge in [0, 0.05) is 18.5 Å². The van der Waals surface area contributed by atoms with Crippen LogP contribution in [0.5, 0.6) is 0 Å². The molecule has 1 aromatic carbocycles. The zero-order valence-corrected chi connectivity index (χ0v) is 20.2. The fraction of sp³-hybridized carbons (Fsp3) is 0.421. The van der Waals surface area contributed by atoms with Crippen LogP contribution in [0.1, 0.15) is 43.4 Å². The van der Waals surface area contributed by atoms with Crippen LogP contribution >= 0.6 is 33.4 Å². The van der Waals surface area contributed by atoms with Crippen LogP contribution in [0, 0.1) is 11.3 Å². The zero-order valence-electron chi connectivity index (χ0n) is 17.9. The lowest BCUT2D eigenvalue weighted by atomic mass is 9.94. The number of primary amides is 1. The number of carbonyl (C=O) groups is 1. The number of halogens is 10. The monoisotopic (exact) mass is 585 g/mol. The summed E-state index contributed by atoms with van der Waals surface area (Å²) in [4.78, 5) is 9.80. The first-order valence-corrected chi connectivity index (χ1v) is 12.8. The Morgan fingerprint density at radius 1 is 1.17 bits per heavy atom. The number of nitrogens with zero attached hydrogens (tertiary/aromatic N) is 3. The first kappa shape index (κ1) is 28.1. The van der Waals surface area contributed by atoms with E-state index in [1.807, 2.05) is 0 Å². The third kappa shape index (κ3) is 5.76. The third-order valence-corrected chi connectivity index (χ3v) is 7.22. The van der Waals surface area contributed by atoms with E-state index in [0.717, 1.165) is 4.68 Å². The molecule has 0 unspecified atom stereocenters. The van der Waals surface area contributed by atoms with Crippen LogP contribution in [0.4, 0.5) is 38.4 Å². The van der Waals surface area contributed by atoms with Crippen molar-refractivity contribution in [3.63, 3.8) is 0 Å². The predicted octanol–water partition coefficient (Wildman–Crippen LogP) is 7.37. The number of rotatable bonds is 9. The van der Waals surface area contributed by atoms with E-state index < -0.39 is 54.8 Å². The average molecular weight is 586 g/mol. The van der Waals surface area contributed by atoms with Gasteiger partial charge in [0.05, 0.1) is 15.5 Å². The lowest BCUT2D eigenvalue weighted by molar-refractivity contribution is -0.135. The summed E-state index contributed by atoms with van der Waals surface area (Å²) in [6.07, 6.45) is -5.42. The molecular weight excluding hydrogens is 569 g/mol. The van der Waals surface area contributed by atoms with Crippen LogP contribution < -0.4 is 11.1 Å². The summed E-state index contributed by atoms with van der Waals surface area (Å²) in [6, 6.07) is 1.63. The maximum Gasteiger partial charge on any atom is 0.389 e. The van der Waals surface area contributed by atoms with Gasteiger partial charge in [0.25, 0.3) is 0 Å². The van der Waals surface area contributed by atoms with E-state index in [1.54, 1.807) is 6.07 Å². The SMILES string of the molecule is N#Cc1nn(-c2c(Cl)cc(S(F)(F)(F)(F)F)cc2Cl)c(NCCCCC(F)(F)F)c1C1(C(N)=O)CC1. The molecule has 0 aliphatic heterocycles. The second kappa shape index (κ2) is 8.29. The Morgan fingerprint density at radius 3 is 2.14 bits per heavy atom. The van der Waals surface area contributed by atoms with Gasteiger partial charge in [-0.1, -0.05) is 42.6 Å². The molecule has 0 bridgehead atoms. The van der Waals surface area contributed by atoms with Gasteiger partial charge in [-0.2, -0.15) is 23.5 Å². The number of amides is 1. The molecule has 0 atom stereocenters. The normalized spacial score (nSPS) is 17.1. The first-order valence-electron chi connectivity index (χ1n) is 10.1. The molecule has 1 aliphatic rings. The molecule has 1 fully saturated rings. The van der Waals surface area contributed by atoms with Crippen molar-refractivity contribution in [2.75, 3.05) is 11.9 Å². The molecule has 0 radical (unpaired) electrons. The Bertz CT molecular complexity index is 1240. The van der Waals surface area contributed by atoms with E-state index in [0.29, 0.717) is 0 Å². The van der Waals surface area contributed by atoms with Crippen LogP contribution in [-0.4, -0.2) is 28.4 Å². The summed E-state index contributed by atoms with van der Waals surface area (Å²) in [5.74, 6) is -1.02.